The zero-order valence-corrected chi connectivity index (χ0v) is 14.7. The minimum absolute atomic E-state index is 0.382. The number of anilines is 4. The Morgan fingerprint density at radius 2 is 1.31 bits per heavy atom. The van der Waals surface area contributed by atoms with Crippen molar-refractivity contribution in [1.82, 2.24) is 15.0 Å². The van der Waals surface area contributed by atoms with E-state index in [1.807, 2.05) is 30.3 Å². The molecule has 0 aliphatic heterocycles. The second-order valence-corrected chi connectivity index (χ2v) is 5.16. The van der Waals surface area contributed by atoms with Crippen molar-refractivity contribution in [1.29, 1.82) is 0 Å². The summed E-state index contributed by atoms with van der Waals surface area (Å²) >= 11 is 0. The normalized spacial score (nSPS) is 10.1. The van der Waals surface area contributed by atoms with Crippen LogP contribution < -0.4 is 24.8 Å². The third-order valence-corrected chi connectivity index (χ3v) is 3.52. The molecule has 0 radical (unpaired) electrons. The van der Waals surface area contributed by atoms with Crippen molar-refractivity contribution < 1.29 is 14.2 Å². The lowest BCUT2D eigenvalue weighted by Gasteiger charge is -2.14. The average molecular weight is 353 g/mol. The molecule has 2 N–H and O–H groups in total. The molecule has 0 aliphatic carbocycles. The number of methoxy groups -OCH3 is 3. The molecule has 8 nitrogen and oxygen atoms in total. The smallest absolute Gasteiger partial charge is 0.232 e. The summed E-state index contributed by atoms with van der Waals surface area (Å²) in [5.41, 5.74) is 1.58. The molecule has 2 aromatic carbocycles. The van der Waals surface area contributed by atoms with Crippen LogP contribution in [-0.4, -0.2) is 36.3 Å². The van der Waals surface area contributed by atoms with Gasteiger partial charge in [0.1, 0.15) is 6.33 Å². The SMILES string of the molecule is COc1cc(Nc2ncnc(Nc3ccccc3)n2)cc(OC)c1OC. The van der Waals surface area contributed by atoms with Crippen LogP contribution in [0.15, 0.2) is 48.8 Å². The van der Waals surface area contributed by atoms with Gasteiger partial charge in [-0.05, 0) is 12.1 Å². The molecule has 0 unspecified atom stereocenters. The van der Waals surface area contributed by atoms with E-state index < -0.39 is 0 Å². The molecular formula is C18H19N5O3. The lowest BCUT2D eigenvalue weighted by atomic mass is 10.2. The lowest BCUT2D eigenvalue weighted by molar-refractivity contribution is 0.324. The van der Waals surface area contributed by atoms with Crippen LogP contribution in [0.25, 0.3) is 0 Å². The van der Waals surface area contributed by atoms with Crippen molar-refractivity contribution >= 4 is 23.3 Å². The first kappa shape index (κ1) is 17.3. The summed E-state index contributed by atoms with van der Waals surface area (Å²) in [5.74, 6) is 2.40. The van der Waals surface area contributed by atoms with Crippen LogP contribution in [0.5, 0.6) is 17.2 Å². The van der Waals surface area contributed by atoms with Crippen molar-refractivity contribution in [3.05, 3.63) is 48.8 Å². The first-order valence-corrected chi connectivity index (χ1v) is 7.81. The Bertz CT molecular complexity index is 849. The van der Waals surface area contributed by atoms with Crippen molar-refractivity contribution in [2.24, 2.45) is 0 Å². The topological polar surface area (TPSA) is 90.4 Å². The summed E-state index contributed by atoms with van der Waals surface area (Å²) in [5, 5.41) is 6.23. The fraction of sp³-hybridized carbons (Fsp3) is 0.167. The standard InChI is InChI=1S/C18H19N5O3/c1-24-14-9-13(10-15(25-2)16(14)26-3)22-18-20-11-19-17(23-18)21-12-7-5-4-6-8-12/h4-11H,1-3H3,(H2,19,20,21,22,23). The monoisotopic (exact) mass is 353 g/mol. The molecule has 0 amide bonds. The Morgan fingerprint density at radius 1 is 0.731 bits per heavy atom. The summed E-state index contributed by atoms with van der Waals surface area (Å²) in [7, 11) is 4.68. The quantitative estimate of drug-likeness (QED) is 0.668. The van der Waals surface area contributed by atoms with Crippen LogP contribution in [0.4, 0.5) is 23.3 Å². The molecule has 0 bridgehead atoms. The number of nitrogens with zero attached hydrogens (tertiary/aromatic N) is 3. The molecule has 3 rings (SSSR count). The van der Waals surface area contributed by atoms with Gasteiger partial charge in [0, 0.05) is 23.5 Å². The fourth-order valence-corrected chi connectivity index (χ4v) is 2.35. The van der Waals surface area contributed by atoms with Crippen molar-refractivity contribution in [2.75, 3.05) is 32.0 Å². The van der Waals surface area contributed by atoms with E-state index in [4.69, 9.17) is 14.2 Å². The van der Waals surface area contributed by atoms with E-state index in [0.29, 0.717) is 34.8 Å². The summed E-state index contributed by atoms with van der Waals surface area (Å²) in [6, 6.07) is 13.2. The number of nitrogens with one attached hydrogen (secondary N) is 2. The van der Waals surface area contributed by atoms with E-state index in [1.165, 1.54) is 6.33 Å². The second-order valence-electron chi connectivity index (χ2n) is 5.16. The summed E-state index contributed by atoms with van der Waals surface area (Å²) < 4.78 is 16.0. The number of ether oxygens (including phenoxy) is 3. The molecule has 0 spiro atoms. The van der Waals surface area contributed by atoms with Gasteiger partial charge < -0.3 is 24.8 Å². The number of rotatable bonds is 7. The van der Waals surface area contributed by atoms with Gasteiger partial charge in [0.05, 0.1) is 21.3 Å². The molecular weight excluding hydrogens is 334 g/mol. The Labute approximate surface area is 151 Å². The zero-order valence-electron chi connectivity index (χ0n) is 14.7. The predicted octanol–water partition coefficient (Wildman–Crippen LogP) is 3.38. The van der Waals surface area contributed by atoms with Gasteiger partial charge in [-0.2, -0.15) is 4.98 Å². The summed E-state index contributed by atoms with van der Waals surface area (Å²) in [6.45, 7) is 0. The first-order chi connectivity index (χ1) is 12.7. The van der Waals surface area contributed by atoms with E-state index in [0.717, 1.165) is 5.69 Å². The summed E-state index contributed by atoms with van der Waals surface area (Å²) in [6.07, 6.45) is 1.43. The first-order valence-electron chi connectivity index (χ1n) is 7.81. The van der Waals surface area contributed by atoms with E-state index in [2.05, 4.69) is 25.6 Å². The number of benzene rings is 2. The molecule has 0 saturated heterocycles. The van der Waals surface area contributed by atoms with Gasteiger partial charge in [-0.3, -0.25) is 0 Å². The molecule has 26 heavy (non-hydrogen) atoms. The van der Waals surface area contributed by atoms with E-state index in [1.54, 1.807) is 33.5 Å². The number of hydrogen-bond donors (Lipinski definition) is 2. The van der Waals surface area contributed by atoms with Crippen LogP contribution >= 0.6 is 0 Å². The van der Waals surface area contributed by atoms with Crippen LogP contribution in [0, 0.1) is 0 Å². The van der Waals surface area contributed by atoms with Gasteiger partial charge in [0.2, 0.25) is 17.6 Å². The van der Waals surface area contributed by atoms with Gasteiger partial charge in [0.15, 0.2) is 11.5 Å². The highest BCUT2D eigenvalue weighted by Crippen LogP contribution is 2.40. The van der Waals surface area contributed by atoms with Crippen LogP contribution in [0.1, 0.15) is 0 Å². The minimum Gasteiger partial charge on any atom is -0.493 e. The van der Waals surface area contributed by atoms with Crippen molar-refractivity contribution in [3.63, 3.8) is 0 Å². The number of aromatic nitrogens is 3. The molecule has 134 valence electrons. The highest BCUT2D eigenvalue weighted by molar-refractivity contribution is 5.66. The third kappa shape index (κ3) is 3.92. The lowest BCUT2D eigenvalue weighted by Crippen LogP contribution is -2.03. The summed E-state index contributed by atoms with van der Waals surface area (Å²) in [4.78, 5) is 12.6. The van der Waals surface area contributed by atoms with Gasteiger partial charge in [-0.15, -0.1) is 0 Å². The maximum absolute atomic E-state index is 5.35. The maximum Gasteiger partial charge on any atom is 0.232 e. The van der Waals surface area contributed by atoms with Crippen LogP contribution in [0.2, 0.25) is 0 Å². The molecule has 0 fully saturated rings. The molecule has 0 saturated carbocycles. The van der Waals surface area contributed by atoms with Crippen LogP contribution in [-0.2, 0) is 0 Å². The van der Waals surface area contributed by atoms with E-state index >= 15 is 0 Å². The van der Waals surface area contributed by atoms with E-state index in [-0.39, 0.29) is 0 Å². The van der Waals surface area contributed by atoms with Gasteiger partial charge in [-0.1, -0.05) is 18.2 Å². The highest BCUT2D eigenvalue weighted by Gasteiger charge is 2.14. The Hall–Kier alpha value is -3.55. The van der Waals surface area contributed by atoms with Gasteiger partial charge in [-0.25, -0.2) is 9.97 Å². The molecule has 0 atom stereocenters. The Kier molecular flexibility index (Phi) is 5.33. The van der Waals surface area contributed by atoms with E-state index in [9.17, 15) is 0 Å². The molecule has 8 heteroatoms. The second kappa shape index (κ2) is 8.02. The number of hydrogen-bond acceptors (Lipinski definition) is 8. The maximum atomic E-state index is 5.35. The fourth-order valence-electron chi connectivity index (χ4n) is 2.35. The average Bonchev–Trinajstić information content (AvgIpc) is 2.68. The minimum atomic E-state index is 0.382. The molecule has 1 aromatic heterocycles. The molecule has 0 aliphatic rings. The third-order valence-electron chi connectivity index (χ3n) is 3.52. The molecule has 3 aromatic rings. The molecule has 1 heterocycles. The number of para-hydroxylation sites is 1. The highest BCUT2D eigenvalue weighted by atomic mass is 16.5. The van der Waals surface area contributed by atoms with Crippen molar-refractivity contribution in [3.8, 4) is 17.2 Å². The Morgan fingerprint density at radius 3 is 1.85 bits per heavy atom. The zero-order chi connectivity index (χ0) is 18.4. The Balaban J connectivity index is 1.84. The van der Waals surface area contributed by atoms with Gasteiger partial charge in [0.25, 0.3) is 0 Å². The van der Waals surface area contributed by atoms with Gasteiger partial charge >= 0.3 is 0 Å². The van der Waals surface area contributed by atoms with Crippen molar-refractivity contribution in [2.45, 2.75) is 0 Å². The predicted molar refractivity (Wildman–Crippen MR) is 98.9 cm³/mol. The van der Waals surface area contributed by atoms with Crippen LogP contribution in [0.3, 0.4) is 0 Å². The largest absolute Gasteiger partial charge is 0.493 e.